The van der Waals surface area contributed by atoms with Crippen molar-refractivity contribution >= 4 is 40.2 Å². The van der Waals surface area contributed by atoms with Crippen molar-refractivity contribution in [3.05, 3.63) is 57.8 Å². The number of hydrogen-bond donors (Lipinski definition) is 0. The predicted octanol–water partition coefficient (Wildman–Crippen LogP) is 3.46. The first-order valence-electron chi connectivity index (χ1n) is 8.27. The van der Waals surface area contributed by atoms with Crippen molar-refractivity contribution in [3.63, 3.8) is 0 Å². The molecule has 1 saturated heterocycles. The third kappa shape index (κ3) is 3.28. The van der Waals surface area contributed by atoms with E-state index in [0.29, 0.717) is 45.5 Å². The number of carbonyl (C=O) groups is 1. The van der Waals surface area contributed by atoms with Crippen LogP contribution in [0, 0.1) is 0 Å². The van der Waals surface area contributed by atoms with Gasteiger partial charge in [-0.1, -0.05) is 35.5 Å². The second-order valence-electron chi connectivity index (χ2n) is 5.93. The maximum atomic E-state index is 13.3. The van der Waals surface area contributed by atoms with E-state index in [4.69, 9.17) is 21.1 Å². The molecule has 27 heavy (non-hydrogen) atoms. The highest BCUT2D eigenvalue weighted by Crippen LogP contribution is 2.32. The normalized spacial score (nSPS) is 16.5. The molecule has 0 N–H and O–H groups in total. The van der Waals surface area contributed by atoms with E-state index in [1.807, 2.05) is 12.1 Å². The molecule has 4 rings (SSSR count). The smallest absolute Gasteiger partial charge is 0.319 e. The van der Waals surface area contributed by atoms with Gasteiger partial charge in [0.25, 0.3) is 5.56 Å². The predicted molar refractivity (Wildman–Crippen MR) is 104 cm³/mol. The van der Waals surface area contributed by atoms with Gasteiger partial charge in [0, 0.05) is 11.4 Å². The van der Waals surface area contributed by atoms with Gasteiger partial charge in [-0.2, -0.15) is 0 Å². The fourth-order valence-electron chi connectivity index (χ4n) is 2.96. The van der Waals surface area contributed by atoms with Crippen molar-refractivity contribution in [1.29, 1.82) is 0 Å². The zero-order valence-corrected chi connectivity index (χ0v) is 15.9. The number of esters is 1. The maximum absolute atomic E-state index is 13.3. The van der Waals surface area contributed by atoms with E-state index < -0.39 is 5.25 Å². The number of methoxy groups -OCH3 is 1. The van der Waals surface area contributed by atoms with E-state index in [9.17, 15) is 9.59 Å². The summed E-state index contributed by atoms with van der Waals surface area (Å²) in [6, 6.07) is 12.1. The summed E-state index contributed by atoms with van der Waals surface area (Å²) in [6.45, 7) is 0.370. The number of aromatic nitrogens is 2. The number of thioether (sulfide) groups is 1. The van der Waals surface area contributed by atoms with Gasteiger partial charge in [-0.25, -0.2) is 4.98 Å². The SMILES string of the molecule is COc1ccccc1-n1c(S[C@@H]2CCOC2=O)nc2cc(Cl)ccc2c1=O. The Bertz CT molecular complexity index is 1100. The summed E-state index contributed by atoms with van der Waals surface area (Å²) in [6.07, 6.45) is 0.568. The Balaban J connectivity index is 1.98. The average molecular weight is 403 g/mol. The number of halogens is 1. The van der Waals surface area contributed by atoms with Crippen molar-refractivity contribution in [1.82, 2.24) is 9.55 Å². The Kier molecular flexibility index (Phi) is 4.80. The van der Waals surface area contributed by atoms with Gasteiger partial charge in [0.1, 0.15) is 11.0 Å². The van der Waals surface area contributed by atoms with Crippen LogP contribution in [0.1, 0.15) is 6.42 Å². The average Bonchev–Trinajstić information content (AvgIpc) is 3.06. The Labute approximate surface area is 164 Å². The van der Waals surface area contributed by atoms with Crippen LogP contribution in [0.5, 0.6) is 5.75 Å². The van der Waals surface area contributed by atoms with Crippen molar-refractivity contribution < 1.29 is 14.3 Å². The highest BCUT2D eigenvalue weighted by atomic mass is 35.5. The van der Waals surface area contributed by atoms with E-state index in [-0.39, 0.29) is 11.5 Å². The third-order valence-electron chi connectivity index (χ3n) is 4.26. The van der Waals surface area contributed by atoms with E-state index in [1.165, 1.54) is 16.3 Å². The Hall–Kier alpha value is -2.51. The second kappa shape index (κ2) is 7.25. The van der Waals surface area contributed by atoms with E-state index in [1.54, 1.807) is 37.4 Å². The Morgan fingerprint density at radius 1 is 1.26 bits per heavy atom. The van der Waals surface area contributed by atoms with Crippen LogP contribution in [0.15, 0.2) is 52.4 Å². The molecule has 1 aliphatic heterocycles. The van der Waals surface area contributed by atoms with Gasteiger partial charge in [-0.15, -0.1) is 0 Å². The number of cyclic esters (lactones) is 1. The van der Waals surface area contributed by atoms with Crippen molar-refractivity contribution in [3.8, 4) is 11.4 Å². The molecule has 1 aromatic heterocycles. The highest BCUT2D eigenvalue weighted by molar-refractivity contribution is 8.00. The standard InChI is InChI=1S/C19H15ClN2O4S/c1-25-15-5-3-2-4-14(15)22-17(23)12-7-6-11(20)10-13(12)21-19(22)27-16-8-9-26-18(16)24/h2-7,10,16H,8-9H2,1H3/t16-/m1/s1. The molecule has 1 fully saturated rings. The number of rotatable bonds is 4. The molecule has 2 aromatic carbocycles. The van der Waals surface area contributed by atoms with Gasteiger partial charge < -0.3 is 9.47 Å². The third-order valence-corrected chi connectivity index (χ3v) is 5.69. The highest BCUT2D eigenvalue weighted by Gasteiger charge is 2.30. The fraction of sp³-hybridized carbons (Fsp3) is 0.211. The second-order valence-corrected chi connectivity index (χ2v) is 7.54. The van der Waals surface area contributed by atoms with Crippen LogP contribution in [0.2, 0.25) is 5.02 Å². The molecular formula is C19H15ClN2O4S. The number of carbonyl (C=O) groups excluding carboxylic acids is 1. The lowest BCUT2D eigenvalue weighted by Crippen LogP contribution is -2.23. The topological polar surface area (TPSA) is 70.4 Å². The number of para-hydroxylation sites is 2. The number of fused-ring (bicyclic) bond motifs is 1. The lowest BCUT2D eigenvalue weighted by molar-refractivity contribution is -0.137. The van der Waals surface area contributed by atoms with Crippen LogP contribution in [0.3, 0.4) is 0 Å². The van der Waals surface area contributed by atoms with Gasteiger partial charge in [-0.05, 0) is 30.3 Å². The fourth-order valence-corrected chi connectivity index (χ4v) is 4.19. The molecule has 1 aliphatic rings. The van der Waals surface area contributed by atoms with Crippen LogP contribution in [-0.2, 0) is 9.53 Å². The lowest BCUT2D eigenvalue weighted by atomic mass is 10.2. The first kappa shape index (κ1) is 17.9. The molecule has 0 aliphatic carbocycles. The maximum Gasteiger partial charge on any atom is 0.319 e. The van der Waals surface area contributed by atoms with Crippen molar-refractivity contribution in [2.24, 2.45) is 0 Å². The zero-order chi connectivity index (χ0) is 19.0. The van der Waals surface area contributed by atoms with Crippen LogP contribution in [0.4, 0.5) is 0 Å². The van der Waals surface area contributed by atoms with Gasteiger partial charge in [0.2, 0.25) is 0 Å². The molecule has 0 amide bonds. The summed E-state index contributed by atoms with van der Waals surface area (Å²) < 4.78 is 11.9. The first-order valence-corrected chi connectivity index (χ1v) is 9.53. The molecule has 8 heteroatoms. The number of ether oxygens (including phenoxy) is 2. The molecule has 2 heterocycles. The molecule has 0 unspecified atom stereocenters. The number of nitrogens with zero attached hydrogens (tertiary/aromatic N) is 2. The number of hydrogen-bond acceptors (Lipinski definition) is 6. The molecule has 0 spiro atoms. The van der Waals surface area contributed by atoms with Gasteiger partial charge in [0.05, 0.1) is 30.3 Å². The molecule has 6 nitrogen and oxygen atoms in total. The van der Waals surface area contributed by atoms with Crippen molar-refractivity contribution in [2.75, 3.05) is 13.7 Å². The minimum absolute atomic E-state index is 0.255. The molecule has 0 bridgehead atoms. The molecule has 3 aromatic rings. The summed E-state index contributed by atoms with van der Waals surface area (Å²) in [4.78, 5) is 29.9. The minimum Gasteiger partial charge on any atom is -0.495 e. The van der Waals surface area contributed by atoms with Gasteiger partial charge in [-0.3, -0.25) is 14.2 Å². The summed E-state index contributed by atoms with van der Waals surface area (Å²) in [5, 5.41) is 0.905. The lowest BCUT2D eigenvalue weighted by Gasteiger charge is -2.16. The summed E-state index contributed by atoms with van der Waals surface area (Å²) in [7, 11) is 1.54. The summed E-state index contributed by atoms with van der Waals surface area (Å²) in [5.41, 5.74) is 0.783. The van der Waals surface area contributed by atoms with Crippen LogP contribution in [0.25, 0.3) is 16.6 Å². The molecule has 138 valence electrons. The Morgan fingerprint density at radius 3 is 2.81 bits per heavy atom. The van der Waals surface area contributed by atoms with E-state index in [0.717, 1.165) is 0 Å². The first-order chi connectivity index (χ1) is 13.1. The number of benzene rings is 2. The van der Waals surface area contributed by atoms with E-state index >= 15 is 0 Å². The summed E-state index contributed by atoms with van der Waals surface area (Å²) >= 11 is 7.29. The quantitative estimate of drug-likeness (QED) is 0.491. The van der Waals surface area contributed by atoms with Crippen LogP contribution in [-0.4, -0.2) is 34.5 Å². The van der Waals surface area contributed by atoms with Crippen molar-refractivity contribution in [2.45, 2.75) is 16.8 Å². The Morgan fingerprint density at radius 2 is 2.07 bits per heavy atom. The summed E-state index contributed by atoms with van der Waals surface area (Å²) in [5.74, 6) is 0.234. The minimum atomic E-state index is -0.408. The zero-order valence-electron chi connectivity index (χ0n) is 14.3. The molecule has 1 atom stereocenters. The monoisotopic (exact) mass is 402 g/mol. The van der Waals surface area contributed by atoms with E-state index in [2.05, 4.69) is 4.98 Å². The molecule has 0 saturated carbocycles. The van der Waals surface area contributed by atoms with Gasteiger partial charge >= 0.3 is 5.97 Å². The largest absolute Gasteiger partial charge is 0.495 e. The van der Waals surface area contributed by atoms with Gasteiger partial charge in [0.15, 0.2) is 5.16 Å². The molecular weight excluding hydrogens is 388 g/mol. The van der Waals surface area contributed by atoms with Crippen LogP contribution < -0.4 is 10.3 Å². The molecule has 0 radical (unpaired) electrons. The van der Waals surface area contributed by atoms with Crippen LogP contribution >= 0.6 is 23.4 Å².